The fourth-order valence-electron chi connectivity index (χ4n) is 3.47. The van der Waals surface area contributed by atoms with E-state index in [1.165, 1.54) is 12.4 Å². The van der Waals surface area contributed by atoms with Crippen molar-refractivity contribution in [2.24, 2.45) is 0 Å². The van der Waals surface area contributed by atoms with Crippen LogP contribution in [0, 0.1) is 0 Å². The van der Waals surface area contributed by atoms with Crippen molar-refractivity contribution < 1.29 is 14.3 Å². The SMILES string of the molecule is O=C(c1ccnnc1)N1CCO[C@H]2[C@@H](Oc3cccnc3)CC[C@@H]21. The van der Waals surface area contributed by atoms with Crippen LogP contribution in [0.4, 0.5) is 0 Å². The van der Waals surface area contributed by atoms with Gasteiger partial charge in [0.15, 0.2) is 0 Å². The van der Waals surface area contributed by atoms with Crippen molar-refractivity contribution in [3.63, 3.8) is 0 Å². The van der Waals surface area contributed by atoms with Gasteiger partial charge in [-0.3, -0.25) is 9.78 Å². The average Bonchev–Trinajstić information content (AvgIpc) is 3.06. The summed E-state index contributed by atoms with van der Waals surface area (Å²) in [5, 5.41) is 7.52. The molecule has 0 spiro atoms. The Balaban J connectivity index is 1.49. The molecule has 0 aromatic carbocycles. The molecule has 0 N–H and O–H groups in total. The van der Waals surface area contributed by atoms with Gasteiger partial charge in [0.1, 0.15) is 18.0 Å². The molecule has 24 heavy (non-hydrogen) atoms. The van der Waals surface area contributed by atoms with Crippen LogP contribution < -0.4 is 4.74 Å². The third kappa shape index (κ3) is 2.82. The fraction of sp³-hybridized carbons (Fsp3) is 0.412. The summed E-state index contributed by atoms with van der Waals surface area (Å²) < 4.78 is 12.0. The summed E-state index contributed by atoms with van der Waals surface area (Å²) in [4.78, 5) is 18.7. The number of pyridine rings is 1. The second kappa shape index (κ2) is 6.52. The van der Waals surface area contributed by atoms with Crippen molar-refractivity contribution in [1.29, 1.82) is 0 Å². The van der Waals surface area contributed by atoms with Crippen LogP contribution in [0.15, 0.2) is 43.0 Å². The van der Waals surface area contributed by atoms with Crippen LogP contribution in [0.3, 0.4) is 0 Å². The maximum atomic E-state index is 12.8. The summed E-state index contributed by atoms with van der Waals surface area (Å²) in [5.74, 6) is 0.707. The predicted molar refractivity (Wildman–Crippen MR) is 84.5 cm³/mol. The Kier molecular flexibility index (Phi) is 4.08. The lowest BCUT2D eigenvalue weighted by atomic mass is 10.1. The number of nitrogens with zero attached hydrogens (tertiary/aromatic N) is 4. The van der Waals surface area contributed by atoms with E-state index >= 15 is 0 Å². The first-order valence-corrected chi connectivity index (χ1v) is 8.09. The Morgan fingerprint density at radius 1 is 1.21 bits per heavy atom. The van der Waals surface area contributed by atoms with E-state index in [1.54, 1.807) is 18.5 Å². The number of rotatable bonds is 3. The highest BCUT2D eigenvalue weighted by molar-refractivity contribution is 5.94. The molecule has 1 saturated heterocycles. The number of amides is 1. The Morgan fingerprint density at radius 3 is 2.96 bits per heavy atom. The Morgan fingerprint density at radius 2 is 2.17 bits per heavy atom. The molecule has 1 amide bonds. The zero-order valence-corrected chi connectivity index (χ0v) is 13.1. The molecule has 0 unspecified atom stereocenters. The molecule has 0 bridgehead atoms. The second-order valence-electron chi connectivity index (χ2n) is 5.95. The highest BCUT2D eigenvalue weighted by atomic mass is 16.5. The maximum Gasteiger partial charge on any atom is 0.255 e. The van der Waals surface area contributed by atoms with Crippen LogP contribution in [0.2, 0.25) is 0 Å². The molecule has 7 nitrogen and oxygen atoms in total. The van der Waals surface area contributed by atoms with Gasteiger partial charge in [-0.15, -0.1) is 0 Å². The van der Waals surface area contributed by atoms with E-state index in [9.17, 15) is 4.79 Å². The van der Waals surface area contributed by atoms with Crippen LogP contribution >= 0.6 is 0 Å². The van der Waals surface area contributed by atoms with E-state index in [4.69, 9.17) is 9.47 Å². The van der Waals surface area contributed by atoms with E-state index in [0.717, 1.165) is 18.6 Å². The zero-order chi connectivity index (χ0) is 16.4. The van der Waals surface area contributed by atoms with Gasteiger partial charge >= 0.3 is 0 Å². The summed E-state index contributed by atoms with van der Waals surface area (Å²) in [7, 11) is 0. The van der Waals surface area contributed by atoms with Crippen LogP contribution in [-0.4, -0.2) is 57.4 Å². The molecular formula is C17H18N4O3. The first-order valence-electron chi connectivity index (χ1n) is 8.09. The first-order chi connectivity index (χ1) is 11.8. The minimum absolute atomic E-state index is 0.0229. The Labute approximate surface area is 139 Å². The van der Waals surface area contributed by atoms with Gasteiger partial charge < -0.3 is 14.4 Å². The summed E-state index contributed by atoms with van der Waals surface area (Å²) in [6.45, 7) is 1.10. The molecule has 2 aliphatic rings. The van der Waals surface area contributed by atoms with Crippen molar-refractivity contribution in [3.05, 3.63) is 48.5 Å². The summed E-state index contributed by atoms with van der Waals surface area (Å²) in [6, 6.07) is 5.45. The van der Waals surface area contributed by atoms with E-state index in [2.05, 4.69) is 15.2 Å². The molecule has 3 heterocycles. The van der Waals surface area contributed by atoms with Gasteiger partial charge in [-0.1, -0.05) is 0 Å². The molecular weight excluding hydrogens is 308 g/mol. The Bertz CT molecular complexity index is 697. The molecule has 4 rings (SSSR count). The number of carbonyl (C=O) groups excluding carboxylic acids is 1. The number of morpholine rings is 1. The van der Waals surface area contributed by atoms with Crippen LogP contribution in [0.25, 0.3) is 0 Å². The van der Waals surface area contributed by atoms with Crippen molar-refractivity contribution in [3.8, 4) is 5.75 Å². The molecule has 1 saturated carbocycles. The standard InChI is InChI=1S/C17H18N4O3/c22-17(12-5-7-19-20-10-12)21-8-9-23-16-14(21)3-4-15(16)24-13-2-1-6-18-11-13/h1-2,5-7,10-11,14-16H,3-4,8-9H2/t14-,15-,16+/m0/s1. The average molecular weight is 326 g/mol. The molecule has 1 aliphatic carbocycles. The van der Waals surface area contributed by atoms with Crippen molar-refractivity contribution in [2.45, 2.75) is 31.1 Å². The number of ether oxygens (including phenoxy) is 2. The zero-order valence-electron chi connectivity index (χ0n) is 13.1. The minimum Gasteiger partial charge on any atom is -0.486 e. The normalized spacial score (nSPS) is 26.0. The smallest absolute Gasteiger partial charge is 0.255 e. The Hall–Kier alpha value is -2.54. The number of hydrogen-bond acceptors (Lipinski definition) is 6. The van der Waals surface area contributed by atoms with Crippen LogP contribution in [0.5, 0.6) is 5.75 Å². The van der Waals surface area contributed by atoms with Crippen molar-refractivity contribution >= 4 is 5.91 Å². The summed E-state index contributed by atoms with van der Waals surface area (Å²) in [5.41, 5.74) is 0.558. The van der Waals surface area contributed by atoms with Gasteiger partial charge in [-0.2, -0.15) is 10.2 Å². The van der Waals surface area contributed by atoms with E-state index in [-0.39, 0.29) is 24.2 Å². The number of hydrogen-bond donors (Lipinski definition) is 0. The van der Waals surface area contributed by atoms with E-state index in [1.807, 2.05) is 17.0 Å². The lowest BCUT2D eigenvalue weighted by Crippen LogP contribution is -2.54. The maximum absolute atomic E-state index is 12.8. The quantitative estimate of drug-likeness (QED) is 0.847. The van der Waals surface area contributed by atoms with Gasteiger partial charge in [0, 0.05) is 12.7 Å². The lowest BCUT2D eigenvalue weighted by molar-refractivity contribution is -0.0786. The molecule has 124 valence electrons. The van der Waals surface area contributed by atoms with Gasteiger partial charge in [-0.25, -0.2) is 0 Å². The van der Waals surface area contributed by atoms with E-state index in [0.29, 0.717) is 18.7 Å². The van der Waals surface area contributed by atoms with Crippen LogP contribution in [0.1, 0.15) is 23.2 Å². The van der Waals surface area contributed by atoms with Gasteiger partial charge in [-0.05, 0) is 31.0 Å². The topological polar surface area (TPSA) is 77.4 Å². The second-order valence-corrected chi connectivity index (χ2v) is 5.95. The minimum atomic E-state index is -0.113. The first kappa shape index (κ1) is 15.0. The summed E-state index contributed by atoms with van der Waals surface area (Å²) >= 11 is 0. The highest BCUT2D eigenvalue weighted by Gasteiger charge is 2.45. The van der Waals surface area contributed by atoms with E-state index < -0.39 is 0 Å². The predicted octanol–water partition coefficient (Wildman–Crippen LogP) is 1.32. The molecule has 3 atom stereocenters. The van der Waals surface area contributed by atoms with Gasteiger partial charge in [0.25, 0.3) is 5.91 Å². The van der Waals surface area contributed by atoms with Crippen molar-refractivity contribution in [2.75, 3.05) is 13.2 Å². The third-order valence-corrected chi connectivity index (χ3v) is 4.55. The molecule has 2 fully saturated rings. The van der Waals surface area contributed by atoms with Crippen LogP contribution in [-0.2, 0) is 4.74 Å². The molecule has 2 aromatic rings. The lowest BCUT2D eigenvalue weighted by Gasteiger charge is -2.39. The largest absolute Gasteiger partial charge is 0.486 e. The summed E-state index contributed by atoms with van der Waals surface area (Å²) in [6.07, 6.45) is 7.98. The third-order valence-electron chi connectivity index (χ3n) is 4.55. The van der Waals surface area contributed by atoms with Gasteiger partial charge in [0.05, 0.1) is 36.8 Å². The fourth-order valence-corrected chi connectivity index (χ4v) is 3.47. The molecule has 1 aliphatic heterocycles. The monoisotopic (exact) mass is 326 g/mol. The number of fused-ring (bicyclic) bond motifs is 1. The molecule has 7 heteroatoms. The number of aromatic nitrogens is 3. The highest BCUT2D eigenvalue weighted by Crippen LogP contribution is 2.33. The molecule has 0 radical (unpaired) electrons. The van der Waals surface area contributed by atoms with Gasteiger partial charge in [0.2, 0.25) is 0 Å². The molecule has 2 aromatic heterocycles. The number of carbonyl (C=O) groups is 1. The van der Waals surface area contributed by atoms with Crippen molar-refractivity contribution in [1.82, 2.24) is 20.1 Å².